The minimum absolute atomic E-state index is 0.0642. The molecule has 1 aliphatic rings. The number of alkyl carbamates (subject to hydrolysis) is 1. The highest BCUT2D eigenvalue weighted by Crippen LogP contribution is 2.29. The van der Waals surface area contributed by atoms with Crippen molar-refractivity contribution in [3.63, 3.8) is 0 Å². The third-order valence-corrected chi connectivity index (χ3v) is 3.52. The number of carbonyl (C=O) groups is 1. The molecule has 0 aliphatic heterocycles. The van der Waals surface area contributed by atoms with Gasteiger partial charge in [0.1, 0.15) is 5.60 Å². The monoisotopic (exact) mass is 296 g/mol. The van der Waals surface area contributed by atoms with Crippen molar-refractivity contribution < 1.29 is 14.6 Å². The Morgan fingerprint density at radius 2 is 2.29 bits per heavy atom. The molecule has 2 atom stereocenters. The van der Waals surface area contributed by atoms with Crippen molar-refractivity contribution in [3.05, 3.63) is 11.9 Å². The van der Waals surface area contributed by atoms with E-state index in [1.165, 1.54) is 0 Å². The van der Waals surface area contributed by atoms with Gasteiger partial charge in [-0.2, -0.15) is 0 Å². The zero-order chi connectivity index (χ0) is 15.5. The van der Waals surface area contributed by atoms with Crippen LogP contribution in [-0.2, 0) is 11.3 Å². The van der Waals surface area contributed by atoms with E-state index in [1.54, 1.807) is 10.9 Å². The zero-order valence-corrected chi connectivity index (χ0v) is 12.9. The Morgan fingerprint density at radius 1 is 1.52 bits per heavy atom. The van der Waals surface area contributed by atoms with Crippen LogP contribution in [0.25, 0.3) is 0 Å². The summed E-state index contributed by atoms with van der Waals surface area (Å²) in [6.07, 6.45) is 4.87. The molecule has 118 valence electrons. The van der Waals surface area contributed by atoms with E-state index >= 15 is 0 Å². The average molecular weight is 296 g/mol. The van der Waals surface area contributed by atoms with Crippen molar-refractivity contribution >= 4 is 6.09 Å². The number of rotatable bonds is 3. The lowest BCUT2D eigenvalue weighted by molar-refractivity contribution is 0.0484. The van der Waals surface area contributed by atoms with Crippen molar-refractivity contribution in [2.75, 3.05) is 0 Å². The first-order valence-corrected chi connectivity index (χ1v) is 7.38. The zero-order valence-electron chi connectivity index (χ0n) is 12.9. The first-order valence-electron chi connectivity index (χ1n) is 7.38. The maximum Gasteiger partial charge on any atom is 0.407 e. The van der Waals surface area contributed by atoms with E-state index < -0.39 is 5.60 Å². The van der Waals surface area contributed by atoms with Gasteiger partial charge in [-0.25, -0.2) is 9.48 Å². The molecule has 21 heavy (non-hydrogen) atoms. The number of carbonyl (C=O) groups excluding carboxylic acids is 1. The third kappa shape index (κ3) is 4.42. The van der Waals surface area contributed by atoms with Crippen LogP contribution in [0.4, 0.5) is 4.79 Å². The van der Waals surface area contributed by atoms with Crippen LogP contribution < -0.4 is 5.32 Å². The van der Waals surface area contributed by atoms with Crippen LogP contribution >= 0.6 is 0 Å². The highest BCUT2D eigenvalue weighted by molar-refractivity contribution is 5.68. The van der Waals surface area contributed by atoms with E-state index in [0.717, 1.165) is 25.7 Å². The van der Waals surface area contributed by atoms with E-state index in [2.05, 4.69) is 15.6 Å². The molecule has 2 rings (SSSR count). The van der Waals surface area contributed by atoms with Crippen molar-refractivity contribution in [1.29, 1.82) is 0 Å². The first kappa shape index (κ1) is 15.8. The van der Waals surface area contributed by atoms with Crippen LogP contribution in [0.2, 0.25) is 0 Å². The molecule has 0 saturated heterocycles. The molecule has 0 radical (unpaired) electrons. The second kappa shape index (κ2) is 6.43. The van der Waals surface area contributed by atoms with Gasteiger partial charge in [0.15, 0.2) is 0 Å². The largest absolute Gasteiger partial charge is 0.444 e. The van der Waals surface area contributed by atoms with Crippen molar-refractivity contribution in [1.82, 2.24) is 20.3 Å². The second-order valence-corrected chi connectivity index (χ2v) is 6.49. The number of hydrogen-bond donors (Lipinski definition) is 2. The summed E-state index contributed by atoms with van der Waals surface area (Å²) in [5.74, 6) is 0. The Kier molecular flexibility index (Phi) is 4.82. The lowest BCUT2D eigenvalue weighted by Crippen LogP contribution is -2.42. The Bertz CT molecular complexity index is 481. The van der Waals surface area contributed by atoms with Crippen LogP contribution in [0.15, 0.2) is 6.20 Å². The van der Waals surface area contributed by atoms with Crippen LogP contribution in [0.1, 0.15) is 58.2 Å². The fourth-order valence-corrected chi connectivity index (χ4v) is 2.68. The summed E-state index contributed by atoms with van der Waals surface area (Å²) in [5, 5.41) is 20.1. The van der Waals surface area contributed by atoms with Gasteiger partial charge >= 0.3 is 6.09 Å². The molecule has 7 heteroatoms. The molecular formula is C14H24N4O3. The van der Waals surface area contributed by atoms with Gasteiger partial charge in [-0.15, -0.1) is 5.10 Å². The highest BCUT2D eigenvalue weighted by atomic mass is 16.6. The van der Waals surface area contributed by atoms with Gasteiger partial charge in [0.2, 0.25) is 0 Å². The SMILES string of the molecule is CC(C)(C)OC(=O)NC1CCCC(n2nncc2CO)C1. The molecule has 0 bridgehead atoms. The number of amides is 1. The summed E-state index contributed by atoms with van der Waals surface area (Å²) in [6, 6.07) is 0.220. The van der Waals surface area contributed by atoms with E-state index in [0.29, 0.717) is 5.69 Å². The number of aliphatic hydroxyl groups is 1. The average Bonchev–Trinajstić information content (AvgIpc) is 2.84. The predicted octanol–water partition coefficient (Wildman–Crippen LogP) is 1.78. The fourth-order valence-electron chi connectivity index (χ4n) is 2.68. The molecule has 0 spiro atoms. The van der Waals surface area contributed by atoms with Crippen LogP contribution in [0.3, 0.4) is 0 Å². The number of aliphatic hydroxyl groups excluding tert-OH is 1. The number of hydrogen-bond acceptors (Lipinski definition) is 5. The smallest absolute Gasteiger partial charge is 0.407 e. The standard InChI is InChI=1S/C14H24N4O3/c1-14(2,3)21-13(20)16-10-5-4-6-11(7-10)18-12(9-19)8-15-17-18/h8,10-11,19H,4-7,9H2,1-3H3,(H,16,20). The summed E-state index contributed by atoms with van der Waals surface area (Å²) in [5.41, 5.74) is 0.214. The molecule has 0 aromatic carbocycles. The van der Waals surface area contributed by atoms with Crippen LogP contribution in [-0.4, -0.2) is 37.8 Å². The lowest BCUT2D eigenvalue weighted by Gasteiger charge is -2.31. The van der Waals surface area contributed by atoms with Crippen molar-refractivity contribution in [2.24, 2.45) is 0 Å². The fraction of sp³-hybridized carbons (Fsp3) is 0.786. The Labute approximate surface area is 124 Å². The maximum absolute atomic E-state index is 11.8. The maximum atomic E-state index is 11.8. The molecule has 1 aromatic heterocycles. The summed E-state index contributed by atoms with van der Waals surface area (Å²) >= 11 is 0. The Hall–Kier alpha value is -1.63. The number of aromatic nitrogens is 3. The first-order chi connectivity index (χ1) is 9.89. The lowest BCUT2D eigenvalue weighted by atomic mass is 9.91. The molecule has 1 amide bonds. The van der Waals surface area contributed by atoms with E-state index in [9.17, 15) is 9.90 Å². The van der Waals surface area contributed by atoms with Gasteiger partial charge in [-0.1, -0.05) is 5.21 Å². The molecule has 1 aromatic rings. The van der Waals surface area contributed by atoms with Crippen LogP contribution in [0, 0.1) is 0 Å². The van der Waals surface area contributed by atoms with Gasteiger partial charge in [0.05, 0.1) is 24.5 Å². The van der Waals surface area contributed by atoms with Gasteiger partial charge in [-0.3, -0.25) is 0 Å². The quantitative estimate of drug-likeness (QED) is 0.887. The number of nitrogens with one attached hydrogen (secondary N) is 1. The Balaban J connectivity index is 1.93. The van der Waals surface area contributed by atoms with Gasteiger partial charge < -0.3 is 15.2 Å². The van der Waals surface area contributed by atoms with E-state index in [-0.39, 0.29) is 24.8 Å². The highest BCUT2D eigenvalue weighted by Gasteiger charge is 2.27. The van der Waals surface area contributed by atoms with Crippen molar-refractivity contribution in [3.8, 4) is 0 Å². The molecule has 2 unspecified atom stereocenters. The summed E-state index contributed by atoms with van der Waals surface area (Å²) in [4.78, 5) is 11.8. The Morgan fingerprint density at radius 3 is 2.95 bits per heavy atom. The predicted molar refractivity (Wildman–Crippen MR) is 76.6 cm³/mol. The summed E-state index contributed by atoms with van der Waals surface area (Å²) in [6.45, 7) is 5.46. The van der Waals surface area contributed by atoms with Gasteiger partial charge in [0, 0.05) is 6.04 Å². The molecule has 2 N–H and O–H groups in total. The van der Waals surface area contributed by atoms with Crippen LogP contribution in [0.5, 0.6) is 0 Å². The molecule has 1 aliphatic carbocycles. The van der Waals surface area contributed by atoms with E-state index in [4.69, 9.17) is 4.74 Å². The van der Waals surface area contributed by atoms with Gasteiger partial charge in [0.25, 0.3) is 0 Å². The number of nitrogens with zero attached hydrogens (tertiary/aromatic N) is 3. The molecular weight excluding hydrogens is 272 g/mol. The molecule has 1 fully saturated rings. The van der Waals surface area contributed by atoms with E-state index in [1.807, 2.05) is 20.8 Å². The summed E-state index contributed by atoms with van der Waals surface area (Å²) in [7, 11) is 0. The third-order valence-electron chi connectivity index (χ3n) is 3.52. The molecule has 7 nitrogen and oxygen atoms in total. The second-order valence-electron chi connectivity index (χ2n) is 6.49. The topological polar surface area (TPSA) is 89.3 Å². The number of ether oxygens (including phenoxy) is 1. The molecule has 1 heterocycles. The normalized spacial score (nSPS) is 22.9. The molecule has 1 saturated carbocycles. The minimum Gasteiger partial charge on any atom is -0.444 e. The van der Waals surface area contributed by atoms with Crippen molar-refractivity contribution in [2.45, 2.75) is 70.7 Å². The van der Waals surface area contributed by atoms with Gasteiger partial charge in [-0.05, 0) is 46.5 Å². The summed E-state index contributed by atoms with van der Waals surface area (Å²) < 4.78 is 7.05. The minimum atomic E-state index is -0.492.